The lowest BCUT2D eigenvalue weighted by atomic mass is 9.86. The minimum absolute atomic E-state index is 0.0229. The van der Waals surface area contributed by atoms with Gasteiger partial charge in [0.2, 0.25) is 41.4 Å². The third-order valence-corrected chi connectivity index (χ3v) is 22.5. The van der Waals surface area contributed by atoms with Gasteiger partial charge in [-0.15, -0.1) is 0 Å². The van der Waals surface area contributed by atoms with Gasteiger partial charge in [-0.25, -0.2) is 15.0 Å². The number of anilines is 1. The molecule has 0 saturated carbocycles. The van der Waals surface area contributed by atoms with Gasteiger partial charge in [0.05, 0.1) is 36.3 Å². The number of amides is 9. The highest BCUT2D eigenvalue weighted by atomic mass is 16.6. The number of carbonyl (C=O) groups excluding carboxylic acids is 12. The van der Waals surface area contributed by atoms with Crippen molar-refractivity contribution < 1.29 is 92.5 Å². The number of cyclic esters (lactones) is 2. The molecule has 2 aromatic rings. The van der Waals surface area contributed by atoms with Gasteiger partial charge in [-0.05, 0) is 128 Å². The Morgan fingerprint density at radius 1 is 0.519 bits per heavy atom. The largest absolute Gasteiger partial charge is 0.450 e. The molecule has 9 amide bonds. The molecule has 0 spiro atoms. The summed E-state index contributed by atoms with van der Waals surface area (Å²) in [6.45, 7) is 24.8. The fourth-order valence-electron chi connectivity index (χ4n) is 16.6. The number of hydrogen-bond acceptors (Lipinski definition) is 21. The third-order valence-electron chi connectivity index (χ3n) is 22.5. The molecule has 2 aromatic carbocycles. The quantitative estimate of drug-likeness (QED) is 0.140. The summed E-state index contributed by atoms with van der Waals surface area (Å²) in [6.07, 6.45) is -9.93. The lowest BCUT2D eigenvalue weighted by Crippen LogP contribution is -2.65. The fraction of sp³-hybridized carbons (Fsp3) is 0.684. The topological polar surface area (TPSA) is 422 Å². The Balaban J connectivity index is 1.01. The lowest BCUT2D eigenvalue weighted by Gasteiger charge is -2.40. The number of aliphatic hydroxyl groups excluding tert-OH is 3. The number of ketones is 1. The molecular weight excluding hydrogens is 1370 g/mol. The number of benzene rings is 2. The summed E-state index contributed by atoms with van der Waals surface area (Å²) in [5.74, 6) is -15.0. The van der Waals surface area contributed by atoms with Crippen LogP contribution in [0.2, 0.25) is 0 Å². The van der Waals surface area contributed by atoms with Crippen LogP contribution in [0.15, 0.2) is 36.4 Å². The third kappa shape index (κ3) is 15.8. The first-order valence-electron chi connectivity index (χ1n) is 37.7. The Hall–Kier alpha value is -8.16. The lowest BCUT2D eigenvalue weighted by molar-refractivity contribution is -0.172. The van der Waals surface area contributed by atoms with Crippen molar-refractivity contribution in [2.24, 2.45) is 47.3 Å². The van der Waals surface area contributed by atoms with Gasteiger partial charge in [-0.3, -0.25) is 53.0 Å². The van der Waals surface area contributed by atoms with E-state index in [1.54, 1.807) is 106 Å². The van der Waals surface area contributed by atoms with Gasteiger partial charge in [-0.2, -0.15) is 0 Å². The molecule has 8 aliphatic rings. The van der Waals surface area contributed by atoms with E-state index in [0.717, 1.165) is 9.91 Å². The Morgan fingerprint density at radius 3 is 1.60 bits per heavy atom. The molecule has 7 heterocycles. The highest BCUT2D eigenvalue weighted by Gasteiger charge is 2.64. The van der Waals surface area contributed by atoms with Gasteiger partial charge in [0.15, 0.2) is 18.0 Å². The van der Waals surface area contributed by atoms with E-state index in [1.807, 2.05) is 20.8 Å². The van der Waals surface area contributed by atoms with Crippen LogP contribution in [-0.2, 0) is 84.6 Å². The Labute approximate surface area is 618 Å². The van der Waals surface area contributed by atoms with Crippen LogP contribution in [-0.4, -0.2) is 226 Å². The fourth-order valence-corrected chi connectivity index (χ4v) is 16.6. The number of hydrazine groups is 1. The van der Waals surface area contributed by atoms with Gasteiger partial charge >= 0.3 is 11.9 Å². The molecule has 10 rings (SSSR count). The number of nitrogens with zero attached hydrogens (tertiary/aromatic N) is 4. The first-order chi connectivity index (χ1) is 49.7. The second-order valence-corrected chi connectivity index (χ2v) is 33.1. The average molecular weight is 1480 g/mol. The van der Waals surface area contributed by atoms with Crippen molar-refractivity contribution in [3.63, 3.8) is 0 Å². The molecule has 20 atom stereocenters. The van der Waals surface area contributed by atoms with Crippen molar-refractivity contribution in [3.8, 4) is 11.1 Å². The molecule has 30 heteroatoms. The number of nitrogens with one attached hydrogen (secondary N) is 7. The van der Waals surface area contributed by atoms with Gasteiger partial charge in [0.25, 0.3) is 11.8 Å². The van der Waals surface area contributed by atoms with E-state index in [0.29, 0.717) is 28.8 Å². The van der Waals surface area contributed by atoms with Crippen molar-refractivity contribution in [2.75, 3.05) is 18.4 Å². The van der Waals surface area contributed by atoms with Gasteiger partial charge in [0, 0.05) is 50.0 Å². The predicted octanol–water partition coefficient (Wildman–Crippen LogP) is 1.03. The van der Waals surface area contributed by atoms with E-state index in [-0.39, 0.29) is 74.1 Å². The highest BCUT2D eigenvalue weighted by molar-refractivity contribution is 6.01. The molecule has 6 fully saturated rings. The number of β-amino-alcohol motifs (C(OH)–C–C–N with tert-alkyl or cyclic N) is 1. The minimum atomic E-state index is -2.16. The number of piperidine rings is 1. The molecule has 6 saturated heterocycles. The maximum Gasteiger partial charge on any atom is 0.329 e. The van der Waals surface area contributed by atoms with E-state index < -0.39 is 228 Å². The number of carbonyl (C=O) groups is 12. The first kappa shape index (κ1) is 80.4. The number of ether oxygens (including phenoxy) is 2. The highest BCUT2D eigenvalue weighted by Crippen LogP contribution is 2.53. The zero-order valence-electron chi connectivity index (χ0n) is 63.3. The van der Waals surface area contributed by atoms with Crippen LogP contribution in [0, 0.1) is 47.3 Å². The van der Waals surface area contributed by atoms with Crippen molar-refractivity contribution in [1.29, 1.82) is 0 Å². The smallest absolute Gasteiger partial charge is 0.329 e. The minimum Gasteiger partial charge on any atom is -0.450 e. The molecule has 0 bridgehead atoms. The average Bonchev–Trinajstić information content (AvgIpc) is 1.55. The van der Waals surface area contributed by atoms with Crippen molar-refractivity contribution in [3.05, 3.63) is 53.1 Å². The number of rotatable bonds is 11. The number of Topliss-reactive ketones (excluding diaryl/α,β-unsaturated/α-hetero) is 1. The van der Waals surface area contributed by atoms with Crippen LogP contribution in [0.25, 0.3) is 11.1 Å². The van der Waals surface area contributed by atoms with E-state index >= 15 is 19.2 Å². The zero-order chi connectivity index (χ0) is 77.9. The summed E-state index contributed by atoms with van der Waals surface area (Å²) in [5, 5.41) is 78.9. The second kappa shape index (κ2) is 31.6. The maximum absolute atomic E-state index is 15.7. The molecule has 1 aliphatic carbocycles. The molecule has 0 aromatic heterocycles. The Bertz CT molecular complexity index is 3530. The second-order valence-electron chi connectivity index (χ2n) is 33.1. The zero-order valence-corrected chi connectivity index (χ0v) is 63.3. The summed E-state index contributed by atoms with van der Waals surface area (Å²) in [4.78, 5) is 182. The van der Waals surface area contributed by atoms with Crippen LogP contribution in [0.4, 0.5) is 5.69 Å². The summed E-state index contributed by atoms with van der Waals surface area (Å²) < 4.78 is 12.0. The van der Waals surface area contributed by atoms with Gasteiger partial charge in [0.1, 0.15) is 65.7 Å². The summed E-state index contributed by atoms with van der Waals surface area (Å²) in [7, 11) is 0. The van der Waals surface area contributed by atoms with E-state index in [2.05, 4.69) is 37.3 Å². The normalized spacial score (nSPS) is 33.9. The van der Waals surface area contributed by atoms with Crippen LogP contribution in [0.3, 0.4) is 0 Å². The Morgan fingerprint density at radius 2 is 1.04 bits per heavy atom. The van der Waals surface area contributed by atoms with Crippen LogP contribution >= 0.6 is 0 Å². The molecule has 106 heavy (non-hydrogen) atoms. The summed E-state index contributed by atoms with van der Waals surface area (Å²) in [6, 6.07) is -4.21. The molecule has 7 aliphatic heterocycles. The SMILES string of the molecule is CC(C)C[C@@H]1NC(=O)[C@H]2C[C@@H](C)CCN2C(=O)[C@H](C(C)C)OC(=O)[C@@H](C(C)C)NC(=O)[C@@H]2C[C@@]3(O)c4cc(-c5ccc6c(c5)[C@@]5(O)C[C@@H]7C(=O)N[C@@H](C(C)C)C(=O)O[C@H](C(C)C)C(=O)N8NC[C@@H](O)C[C@H]8C(=O)N[C@H](CC(C)C)C(=O)C[C@H]([C@H](C)O)C(=O)N7[C@H]5C6)ccc4N[C@H]3N2C(=O)[C@@H]([C@H](C)O)NC1=O. The van der Waals surface area contributed by atoms with E-state index in [4.69, 9.17) is 9.47 Å². The van der Waals surface area contributed by atoms with Crippen molar-refractivity contribution >= 4 is 76.6 Å². The van der Waals surface area contributed by atoms with Crippen LogP contribution in [0.1, 0.15) is 172 Å². The standard InChI is InChI=1S/C76H109N11O19/c1-33(2)22-50-56(91)29-46(40(14)88)68(97)85-54(66(95)81-59(36(7)8)73(102)106-62(38(11)12)71(100)87-53(65(94)78-50)28-45(90)32-77-87)30-75(103)47-25-42(16-17-44(47)27-57(75)85)43-18-19-49-48(26-43)76(104)31-55-67(96)82-58(35(5)6)72(101)105-61(37(9)10)70(99)84-21-20-39(13)24-52(84)64(93)79-51(23-34(3)4)63(92)83-60(41(15)89)69(98)86(55)74(76)80-49/h16-19,25-26,33-41,45-46,50-55,57-62,74,77,80,88-90,103-104H,20-24,27-32H2,1-15H3,(H,78,94)(H,79,93)(H,81,95)(H,82,96)(H,83,92)/t39-,40-,41-,45-,46+,50+,51-,52+,53-,54+,55-,57-,58+,59-,60+,61-,62+,74-,75-,76+/m0/s1. The maximum atomic E-state index is 15.7. The van der Waals surface area contributed by atoms with E-state index in [1.165, 1.54) is 23.6 Å². The Kier molecular flexibility index (Phi) is 23.9. The number of fused-ring (bicyclic) bond motifs is 12. The molecular formula is C76H109N11O19. The molecule has 0 unspecified atom stereocenters. The predicted molar refractivity (Wildman–Crippen MR) is 382 cm³/mol. The van der Waals surface area contributed by atoms with Crippen molar-refractivity contribution in [2.45, 2.75) is 270 Å². The summed E-state index contributed by atoms with van der Waals surface area (Å²) in [5.41, 5.74) is 0.716. The van der Waals surface area contributed by atoms with Gasteiger partial charge in [-0.1, -0.05) is 108 Å². The molecule has 30 nitrogen and oxygen atoms in total. The number of hydrogen-bond donors (Lipinski definition) is 12. The molecule has 0 radical (unpaired) electrons. The van der Waals surface area contributed by atoms with E-state index in [9.17, 15) is 63.9 Å². The molecule has 582 valence electrons. The van der Waals surface area contributed by atoms with Crippen molar-refractivity contribution in [1.82, 2.24) is 51.7 Å². The monoisotopic (exact) mass is 1480 g/mol. The summed E-state index contributed by atoms with van der Waals surface area (Å²) >= 11 is 0. The molecule has 12 N–H and O–H groups in total. The first-order valence-corrected chi connectivity index (χ1v) is 37.7. The number of esters is 2. The number of aliphatic hydroxyl groups is 5. The van der Waals surface area contributed by atoms with Crippen LogP contribution in [0.5, 0.6) is 0 Å². The van der Waals surface area contributed by atoms with Crippen LogP contribution < -0.4 is 37.3 Å². The van der Waals surface area contributed by atoms with Gasteiger partial charge < -0.3 is 81.6 Å².